The molecule has 1 aliphatic rings. The maximum absolute atomic E-state index is 13.0. The molecule has 0 unspecified atom stereocenters. The van der Waals surface area contributed by atoms with Gasteiger partial charge in [0.25, 0.3) is 5.91 Å². The molecule has 0 spiro atoms. The first kappa shape index (κ1) is 25.6. The van der Waals surface area contributed by atoms with Crippen LogP contribution in [0.2, 0.25) is 0 Å². The molecule has 14 heteroatoms. The van der Waals surface area contributed by atoms with Crippen molar-refractivity contribution in [2.75, 3.05) is 26.4 Å². The zero-order valence-corrected chi connectivity index (χ0v) is 18.2. The highest BCUT2D eigenvalue weighted by Gasteiger charge is 2.37. The Labute approximate surface area is 190 Å². The van der Waals surface area contributed by atoms with Gasteiger partial charge in [-0.15, -0.1) is 5.10 Å². The van der Waals surface area contributed by atoms with Crippen molar-refractivity contribution in [3.05, 3.63) is 41.7 Å². The number of morpholine rings is 1. The Morgan fingerprint density at radius 3 is 2.38 bits per heavy atom. The normalized spacial score (nSPS) is 17.3. The fraction of sp³-hybridized carbons (Fsp3) is 0.450. The predicted molar refractivity (Wildman–Crippen MR) is 109 cm³/mol. The number of amides is 1. The van der Waals surface area contributed by atoms with E-state index in [2.05, 4.69) is 25.8 Å². The fourth-order valence-electron chi connectivity index (χ4n) is 3.15. The standard InChI is InChI=1S/C20H22F6N6O2/c1-18(2)10-34-6-5-31(18)12-28-29-16(33)3-4-32-11-27-17(30-32)13-7-14(19(21,22)23)9-15(8-13)20(24,25)26/h3-4,7-9,11,28H,5-6,10,12H2,1-2H3,(H,29,33)/b4-3-. The van der Waals surface area contributed by atoms with Gasteiger partial charge in [0, 0.05) is 29.9 Å². The lowest BCUT2D eigenvalue weighted by atomic mass is 10.0. The highest BCUT2D eigenvalue weighted by Crippen LogP contribution is 2.38. The third kappa shape index (κ3) is 6.55. The van der Waals surface area contributed by atoms with E-state index in [0.717, 1.165) is 23.3 Å². The molecule has 186 valence electrons. The number of halogens is 6. The molecule has 8 nitrogen and oxygen atoms in total. The number of hydrogen-bond acceptors (Lipinski definition) is 6. The van der Waals surface area contributed by atoms with Crippen molar-refractivity contribution in [3.63, 3.8) is 0 Å². The summed E-state index contributed by atoms with van der Waals surface area (Å²) in [6.45, 7) is 6.16. The Balaban J connectivity index is 1.65. The van der Waals surface area contributed by atoms with Crippen LogP contribution in [0.5, 0.6) is 0 Å². The van der Waals surface area contributed by atoms with Crippen LogP contribution in [0.3, 0.4) is 0 Å². The summed E-state index contributed by atoms with van der Waals surface area (Å²) in [7, 11) is 0. The topological polar surface area (TPSA) is 84.3 Å². The summed E-state index contributed by atoms with van der Waals surface area (Å²) in [5.74, 6) is -0.920. The molecule has 3 rings (SSSR count). The number of nitrogens with one attached hydrogen (secondary N) is 2. The first-order valence-corrected chi connectivity index (χ1v) is 10.0. The number of carbonyl (C=O) groups excluding carboxylic acids is 1. The van der Waals surface area contributed by atoms with Gasteiger partial charge in [0.1, 0.15) is 6.33 Å². The second kappa shape index (κ2) is 9.72. The lowest BCUT2D eigenvalue weighted by Crippen LogP contribution is -2.57. The van der Waals surface area contributed by atoms with E-state index in [1.165, 1.54) is 0 Å². The van der Waals surface area contributed by atoms with Gasteiger partial charge in [0.2, 0.25) is 0 Å². The maximum Gasteiger partial charge on any atom is 0.416 e. The molecule has 2 aromatic rings. The number of benzene rings is 1. The van der Waals surface area contributed by atoms with E-state index in [0.29, 0.717) is 38.6 Å². The highest BCUT2D eigenvalue weighted by molar-refractivity contribution is 5.89. The molecule has 34 heavy (non-hydrogen) atoms. The van der Waals surface area contributed by atoms with Crippen LogP contribution < -0.4 is 10.9 Å². The SMILES string of the molecule is CC1(C)COCCN1CNNC(=O)/C=C\n1cnc(-c2cc(C(F)(F)F)cc(C(F)(F)F)c2)n1. The number of rotatable bonds is 6. The minimum atomic E-state index is -4.99. The van der Waals surface area contributed by atoms with Gasteiger partial charge in [-0.3, -0.25) is 15.1 Å². The number of hydrogen-bond donors (Lipinski definition) is 2. The predicted octanol–water partition coefficient (Wildman–Crippen LogP) is 3.14. The van der Waals surface area contributed by atoms with Gasteiger partial charge in [-0.25, -0.2) is 15.1 Å². The summed E-state index contributed by atoms with van der Waals surface area (Å²) in [5, 5.41) is 3.83. The molecular formula is C20H22F6N6O2. The van der Waals surface area contributed by atoms with E-state index < -0.39 is 35.0 Å². The van der Waals surface area contributed by atoms with E-state index in [1.54, 1.807) is 0 Å². The molecule has 1 saturated heterocycles. The zero-order valence-electron chi connectivity index (χ0n) is 18.2. The Bertz CT molecular complexity index is 1010. The van der Waals surface area contributed by atoms with Crippen LogP contribution in [0, 0.1) is 0 Å². The minimum Gasteiger partial charge on any atom is -0.378 e. The molecule has 2 heterocycles. The summed E-state index contributed by atoms with van der Waals surface area (Å²) in [5.41, 5.74) is 1.61. The third-order valence-electron chi connectivity index (χ3n) is 5.03. The third-order valence-corrected chi connectivity index (χ3v) is 5.03. The molecule has 0 bridgehead atoms. The van der Waals surface area contributed by atoms with Gasteiger partial charge < -0.3 is 4.74 Å². The molecule has 1 aromatic carbocycles. The fourth-order valence-corrected chi connectivity index (χ4v) is 3.15. The summed E-state index contributed by atoms with van der Waals surface area (Å²) in [6, 6.07) is 1.08. The maximum atomic E-state index is 13.0. The van der Waals surface area contributed by atoms with Crippen molar-refractivity contribution in [1.82, 2.24) is 30.5 Å². The average molecular weight is 492 g/mol. The molecule has 0 radical (unpaired) electrons. The second-order valence-corrected chi connectivity index (χ2v) is 8.11. The Morgan fingerprint density at radius 1 is 1.15 bits per heavy atom. The van der Waals surface area contributed by atoms with Crippen molar-refractivity contribution in [2.45, 2.75) is 31.7 Å². The second-order valence-electron chi connectivity index (χ2n) is 8.11. The first-order chi connectivity index (χ1) is 15.8. The number of carbonyl (C=O) groups is 1. The molecule has 1 aliphatic heterocycles. The van der Waals surface area contributed by atoms with Crippen molar-refractivity contribution >= 4 is 12.1 Å². The van der Waals surface area contributed by atoms with Gasteiger partial charge in [-0.2, -0.15) is 26.3 Å². The van der Waals surface area contributed by atoms with E-state index in [-0.39, 0.29) is 17.4 Å². The van der Waals surface area contributed by atoms with E-state index in [4.69, 9.17) is 4.74 Å². The number of nitrogens with zero attached hydrogens (tertiary/aromatic N) is 4. The molecule has 1 aromatic heterocycles. The van der Waals surface area contributed by atoms with Crippen LogP contribution in [0.25, 0.3) is 17.6 Å². The van der Waals surface area contributed by atoms with Crippen molar-refractivity contribution < 1.29 is 35.9 Å². The minimum absolute atomic E-state index is 0.0236. The van der Waals surface area contributed by atoms with Crippen LogP contribution in [0.4, 0.5) is 26.3 Å². The van der Waals surface area contributed by atoms with Crippen LogP contribution in [-0.2, 0) is 21.9 Å². The van der Waals surface area contributed by atoms with Crippen molar-refractivity contribution in [3.8, 4) is 11.4 Å². The number of ether oxygens (including phenoxy) is 1. The van der Waals surface area contributed by atoms with E-state index in [9.17, 15) is 31.1 Å². The molecule has 2 N–H and O–H groups in total. The number of hydrazine groups is 1. The molecule has 0 saturated carbocycles. The summed E-state index contributed by atoms with van der Waals surface area (Å²) in [4.78, 5) is 17.8. The molecule has 0 atom stereocenters. The van der Waals surface area contributed by atoms with Crippen LogP contribution >= 0.6 is 0 Å². The lowest BCUT2D eigenvalue weighted by molar-refractivity contribution is -0.143. The summed E-state index contributed by atoms with van der Waals surface area (Å²) in [6.07, 6.45) is -6.69. The van der Waals surface area contributed by atoms with Crippen LogP contribution in [0.15, 0.2) is 30.6 Å². The van der Waals surface area contributed by atoms with Gasteiger partial charge >= 0.3 is 12.4 Å². The largest absolute Gasteiger partial charge is 0.416 e. The Morgan fingerprint density at radius 2 is 1.79 bits per heavy atom. The molecule has 1 fully saturated rings. The Hall–Kier alpha value is -2.97. The molecule has 0 aliphatic carbocycles. The smallest absolute Gasteiger partial charge is 0.378 e. The van der Waals surface area contributed by atoms with Gasteiger partial charge in [0.05, 0.1) is 31.0 Å². The van der Waals surface area contributed by atoms with Crippen LogP contribution in [-0.4, -0.2) is 57.5 Å². The van der Waals surface area contributed by atoms with Crippen molar-refractivity contribution in [1.29, 1.82) is 0 Å². The first-order valence-electron chi connectivity index (χ1n) is 10.0. The van der Waals surface area contributed by atoms with Crippen LogP contribution in [0.1, 0.15) is 25.0 Å². The van der Waals surface area contributed by atoms with Gasteiger partial charge in [-0.1, -0.05) is 0 Å². The summed E-state index contributed by atoms with van der Waals surface area (Å²) < 4.78 is 84.7. The molecular weight excluding hydrogens is 470 g/mol. The summed E-state index contributed by atoms with van der Waals surface area (Å²) >= 11 is 0. The zero-order chi connectivity index (χ0) is 25.1. The number of aromatic nitrogens is 3. The Kier molecular flexibility index (Phi) is 7.33. The molecule has 1 amide bonds. The van der Waals surface area contributed by atoms with Gasteiger partial charge in [-0.05, 0) is 32.0 Å². The quantitative estimate of drug-likeness (QED) is 0.366. The average Bonchev–Trinajstić information content (AvgIpc) is 3.21. The monoisotopic (exact) mass is 492 g/mol. The lowest BCUT2D eigenvalue weighted by Gasteiger charge is -2.41. The van der Waals surface area contributed by atoms with E-state index >= 15 is 0 Å². The van der Waals surface area contributed by atoms with Gasteiger partial charge in [0.15, 0.2) is 5.82 Å². The number of alkyl halides is 6. The highest BCUT2D eigenvalue weighted by atomic mass is 19.4. The van der Waals surface area contributed by atoms with E-state index in [1.807, 2.05) is 13.8 Å². The van der Waals surface area contributed by atoms with Crippen molar-refractivity contribution in [2.24, 2.45) is 0 Å².